The van der Waals surface area contributed by atoms with Crippen molar-refractivity contribution in [2.75, 3.05) is 13.1 Å². The molecule has 28 heavy (non-hydrogen) atoms. The van der Waals surface area contributed by atoms with Crippen LogP contribution in [-0.2, 0) is 11.3 Å². The predicted molar refractivity (Wildman–Crippen MR) is 105 cm³/mol. The van der Waals surface area contributed by atoms with Crippen molar-refractivity contribution in [2.24, 2.45) is 0 Å². The lowest BCUT2D eigenvalue weighted by molar-refractivity contribution is -0.133. The molecule has 2 aliphatic heterocycles. The minimum atomic E-state index is -1.02. The molecule has 0 radical (unpaired) electrons. The second-order valence-corrected chi connectivity index (χ2v) is 7.59. The second kappa shape index (κ2) is 7.11. The molecule has 2 fully saturated rings. The van der Waals surface area contributed by atoms with Gasteiger partial charge >= 0.3 is 6.03 Å². The van der Waals surface area contributed by atoms with E-state index in [1.165, 1.54) is 4.90 Å². The molecule has 1 atom stereocenters. The van der Waals surface area contributed by atoms with E-state index in [0.29, 0.717) is 24.9 Å². The lowest BCUT2D eigenvalue weighted by atomic mass is 9.88. The molecule has 4 rings (SSSR count). The molecule has 6 nitrogen and oxygen atoms in total. The fourth-order valence-electron chi connectivity index (χ4n) is 3.97. The molecule has 4 amide bonds. The van der Waals surface area contributed by atoms with Gasteiger partial charge in [-0.3, -0.25) is 14.5 Å². The fourth-order valence-corrected chi connectivity index (χ4v) is 3.97. The molecule has 2 heterocycles. The average molecular weight is 377 g/mol. The third-order valence-corrected chi connectivity index (χ3v) is 5.51. The van der Waals surface area contributed by atoms with E-state index in [-0.39, 0.29) is 24.9 Å². The first-order valence-corrected chi connectivity index (χ1v) is 9.52. The van der Waals surface area contributed by atoms with Crippen molar-refractivity contribution in [3.8, 4) is 0 Å². The Labute approximate surface area is 164 Å². The Balaban J connectivity index is 1.52. The summed E-state index contributed by atoms with van der Waals surface area (Å²) < 4.78 is 0. The van der Waals surface area contributed by atoms with Gasteiger partial charge in [0.2, 0.25) is 0 Å². The number of aryl methyl sites for hydroxylation is 1. The Morgan fingerprint density at radius 2 is 1.79 bits per heavy atom. The third-order valence-electron chi connectivity index (χ3n) is 5.51. The molecule has 2 aromatic carbocycles. The van der Waals surface area contributed by atoms with E-state index in [1.807, 2.05) is 49.4 Å². The maximum atomic E-state index is 13.2. The Hall–Kier alpha value is -3.15. The van der Waals surface area contributed by atoms with Crippen LogP contribution in [0.4, 0.5) is 4.79 Å². The first kappa shape index (κ1) is 18.2. The van der Waals surface area contributed by atoms with Crippen LogP contribution in [-0.4, -0.2) is 46.3 Å². The summed E-state index contributed by atoms with van der Waals surface area (Å²) in [6.45, 7) is 2.99. The monoisotopic (exact) mass is 377 g/mol. The molecule has 2 aliphatic rings. The predicted octanol–water partition coefficient (Wildman–Crippen LogP) is 2.72. The van der Waals surface area contributed by atoms with Crippen LogP contribution in [0.2, 0.25) is 0 Å². The van der Waals surface area contributed by atoms with E-state index in [4.69, 9.17) is 0 Å². The number of rotatable bonds is 3. The van der Waals surface area contributed by atoms with Gasteiger partial charge in [-0.25, -0.2) is 4.79 Å². The van der Waals surface area contributed by atoms with Crippen molar-refractivity contribution in [1.82, 2.24) is 15.1 Å². The molecule has 0 saturated carbocycles. The standard InChI is InChI=1S/C22H23N3O3/c1-16-8-10-18(11-9-16)19(26)24-13-5-12-22(15-24)20(27)25(21(28)23-22)14-17-6-3-2-4-7-17/h2-4,6-11H,5,12-15H2,1H3,(H,23,28)/t22-/m1/s1. The van der Waals surface area contributed by atoms with Crippen molar-refractivity contribution in [3.05, 3.63) is 71.3 Å². The molecule has 1 spiro atoms. The number of nitrogens with one attached hydrogen (secondary N) is 1. The zero-order valence-electron chi connectivity index (χ0n) is 15.9. The number of amides is 4. The zero-order valence-corrected chi connectivity index (χ0v) is 15.9. The molecule has 0 aromatic heterocycles. The number of imide groups is 1. The SMILES string of the molecule is Cc1ccc(C(=O)N2CCC[C@]3(C2)NC(=O)N(Cc2ccccc2)C3=O)cc1. The molecule has 0 bridgehead atoms. The molecule has 0 aliphatic carbocycles. The largest absolute Gasteiger partial charge is 0.336 e. The first-order chi connectivity index (χ1) is 13.5. The normalized spacial score (nSPS) is 21.9. The van der Waals surface area contributed by atoms with E-state index in [1.54, 1.807) is 17.0 Å². The van der Waals surface area contributed by atoms with E-state index >= 15 is 0 Å². The van der Waals surface area contributed by atoms with Crippen LogP contribution in [0.3, 0.4) is 0 Å². The zero-order chi connectivity index (χ0) is 19.7. The Morgan fingerprint density at radius 3 is 2.50 bits per heavy atom. The van der Waals surface area contributed by atoms with Crippen LogP contribution in [0.5, 0.6) is 0 Å². The summed E-state index contributed by atoms with van der Waals surface area (Å²) in [5.41, 5.74) is 1.55. The third kappa shape index (κ3) is 3.26. The maximum Gasteiger partial charge on any atom is 0.325 e. The van der Waals surface area contributed by atoms with Crippen LogP contribution in [0.25, 0.3) is 0 Å². The van der Waals surface area contributed by atoms with Crippen molar-refractivity contribution < 1.29 is 14.4 Å². The van der Waals surface area contributed by atoms with E-state index in [9.17, 15) is 14.4 Å². The number of urea groups is 1. The number of piperidine rings is 1. The average Bonchev–Trinajstić information content (AvgIpc) is 2.93. The highest BCUT2D eigenvalue weighted by molar-refractivity contribution is 6.07. The van der Waals surface area contributed by atoms with Gasteiger partial charge in [-0.2, -0.15) is 0 Å². The van der Waals surface area contributed by atoms with Gasteiger partial charge in [-0.05, 0) is 37.5 Å². The number of hydrogen-bond acceptors (Lipinski definition) is 3. The first-order valence-electron chi connectivity index (χ1n) is 9.52. The van der Waals surface area contributed by atoms with Gasteiger partial charge in [0.1, 0.15) is 5.54 Å². The summed E-state index contributed by atoms with van der Waals surface area (Å²) >= 11 is 0. The topological polar surface area (TPSA) is 69.7 Å². The van der Waals surface area contributed by atoms with Gasteiger partial charge in [0, 0.05) is 12.1 Å². The van der Waals surface area contributed by atoms with Gasteiger partial charge < -0.3 is 10.2 Å². The molecule has 0 unspecified atom stereocenters. The van der Waals surface area contributed by atoms with Crippen molar-refractivity contribution in [3.63, 3.8) is 0 Å². The number of hydrogen-bond donors (Lipinski definition) is 1. The summed E-state index contributed by atoms with van der Waals surface area (Å²) in [6.07, 6.45) is 1.21. The second-order valence-electron chi connectivity index (χ2n) is 7.59. The van der Waals surface area contributed by atoms with Gasteiger partial charge in [-0.1, -0.05) is 48.0 Å². The number of nitrogens with zero attached hydrogens (tertiary/aromatic N) is 2. The summed E-state index contributed by atoms with van der Waals surface area (Å²) in [6, 6.07) is 16.4. The Bertz CT molecular complexity index is 910. The highest BCUT2D eigenvalue weighted by Crippen LogP contribution is 2.30. The van der Waals surface area contributed by atoms with Crippen LogP contribution in [0.15, 0.2) is 54.6 Å². The summed E-state index contributed by atoms with van der Waals surface area (Å²) in [5, 5.41) is 2.88. The minimum Gasteiger partial charge on any atom is -0.336 e. The van der Waals surface area contributed by atoms with E-state index in [0.717, 1.165) is 11.1 Å². The van der Waals surface area contributed by atoms with Gasteiger partial charge in [0.25, 0.3) is 11.8 Å². The minimum absolute atomic E-state index is 0.109. The molecular weight excluding hydrogens is 354 g/mol. The van der Waals surface area contributed by atoms with Crippen molar-refractivity contribution >= 4 is 17.8 Å². The lowest BCUT2D eigenvalue weighted by Crippen LogP contribution is -2.59. The number of likely N-dealkylation sites (tertiary alicyclic amines) is 1. The summed E-state index contributed by atoms with van der Waals surface area (Å²) in [5.74, 6) is -0.356. The highest BCUT2D eigenvalue weighted by Gasteiger charge is 2.53. The van der Waals surface area contributed by atoms with Gasteiger partial charge in [0.15, 0.2) is 0 Å². The maximum absolute atomic E-state index is 13.2. The van der Waals surface area contributed by atoms with Gasteiger partial charge in [0.05, 0.1) is 13.1 Å². The molecule has 2 saturated heterocycles. The molecular formula is C22H23N3O3. The summed E-state index contributed by atoms with van der Waals surface area (Å²) in [4.78, 5) is 41.5. The van der Waals surface area contributed by atoms with Crippen LogP contribution < -0.4 is 5.32 Å². The highest BCUT2D eigenvalue weighted by atomic mass is 16.2. The van der Waals surface area contributed by atoms with Crippen LogP contribution in [0, 0.1) is 6.92 Å². The van der Waals surface area contributed by atoms with E-state index < -0.39 is 11.6 Å². The Kier molecular flexibility index (Phi) is 4.63. The van der Waals surface area contributed by atoms with Crippen molar-refractivity contribution in [2.45, 2.75) is 31.8 Å². The van der Waals surface area contributed by atoms with Crippen molar-refractivity contribution in [1.29, 1.82) is 0 Å². The quantitative estimate of drug-likeness (QED) is 0.836. The van der Waals surface area contributed by atoms with Crippen LogP contribution in [0.1, 0.15) is 34.3 Å². The molecule has 6 heteroatoms. The van der Waals surface area contributed by atoms with E-state index in [2.05, 4.69) is 5.32 Å². The summed E-state index contributed by atoms with van der Waals surface area (Å²) in [7, 11) is 0. The lowest BCUT2D eigenvalue weighted by Gasteiger charge is -2.38. The fraction of sp³-hybridized carbons (Fsp3) is 0.318. The number of carbonyl (C=O) groups is 3. The number of benzene rings is 2. The molecule has 1 N–H and O–H groups in total. The smallest absolute Gasteiger partial charge is 0.325 e. The number of carbonyl (C=O) groups excluding carboxylic acids is 3. The van der Waals surface area contributed by atoms with Crippen LogP contribution >= 0.6 is 0 Å². The molecule has 2 aromatic rings. The molecule has 144 valence electrons. The van der Waals surface area contributed by atoms with Gasteiger partial charge in [-0.15, -0.1) is 0 Å². The Morgan fingerprint density at radius 1 is 1.07 bits per heavy atom.